The van der Waals surface area contributed by atoms with Crippen molar-refractivity contribution in [2.75, 3.05) is 0 Å². The van der Waals surface area contributed by atoms with Gasteiger partial charge in [0.05, 0.1) is 23.3 Å². The Morgan fingerprint density at radius 3 is 2.58 bits per heavy atom. The Morgan fingerprint density at radius 2 is 2.04 bits per heavy atom. The highest BCUT2D eigenvalue weighted by molar-refractivity contribution is 6.37. The molecule has 1 heterocycles. The van der Waals surface area contributed by atoms with Gasteiger partial charge < -0.3 is 0 Å². The Hall–Kier alpha value is -1.38. The molecule has 0 saturated heterocycles. The van der Waals surface area contributed by atoms with Crippen molar-refractivity contribution in [3.63, 3.8) is 0 Å². The van der Waals surface area contributed by atoms with Crippen LogP contribution in [0.4, 0.5) is 0 Å². The van der Waals surface area contributed by atoms with Crippen LogP contribution in [0, 0.1) is 12.3 Å². The third-order valence-corrected chi connectivity index (χ3v) is 4.66. The standard InChI is InChI=1S/C21H34BN2/c1-9-22-17(4)12-10-11-15(2)20-14-23-19(18(5)24-20)13-16(3)21(6,7)8/h13-14,17H,2,9-12H2,1,3-8H3/b16-13+. The summed E-state index contributed by atoms with van der Waals surface area (Å²) in [5, 5.41) is 0. The molecular formula is C21H34BN2. The highest BCUT2D eigenvalue weighted by Gasteiger charge is 2.14. The lowest BCUT2D eigenvalue weighted by atomic mass is 9.61. The van der Waals surface area contributed by atoms with E-state index in [1.165, 1.54) is 12.0 Å². The molecule has 3 heteroatoms. The molecule has 0 aliphatic rings. The van der Waals surface area contributed by atoms with Crippen LogP contribution in [0.1, 0.15) is 77.9 Å². The maximum atomic E-state index is 4.73. The molecule has 0 amide bonds. The third kappa shape index (κ3) is 6.63. The van der Waals surface area contributed by atoms with Gasteiger partial charge in [-0.25, -0.2) is 4.98 Å². The fraction of sp³-hybridized carbons (Fsp3) is 0.619. The van der Waals surface area contributed by atoms with E-state index in [1.807, 2.05) is 13.1 Å². The van der Waals surface area contributed by atoms with Crippen LogP contribution in [-0.4, -0.2) is 17.2 Å². The number of hydrogen-bond donors (Lipinski definition) is 0. The van der Waals surface area contributed by atoms with Crippen molar-refractivity contribution < 1.29 is 0 Å². The van der Waals surface area contributed by atoms with Gasteiger partial charge in [-0.05, 0) is 43.8 Å². The highest BCUT2D eigenvalue weighted by Crippen LogP contribution is 2.27. The summed E-state index contributed by atoms with van der Waals surface area (Å²) in [6, 6.07) is 0. The van der Waals surface area contributed by atoms with Crippen molar-refractivity contribution in [3.05, 3.63) is 35.4 Å². The molecule has 1 aromatic heterocycles. The van der Waals surface area contributed by atoms with E-state index < -0.39 is 0 Å². The van der Waals surface area contributed by atoms with Crippen molar-refractivity contribution in [3.8, 4) is 0 Å². The molecular weight excluding hydrogens is 291 g/mol. The molecule has 0 aliphatic carbocycles. The van der Waals surface area contributed by atoms with E-state index in [1.54, 1.807) is 0 Å². The molecule has 0 aromatic carbocycles. The monoisotopic (exact) mass is 325 g/mol. The lowest BCUT2D eigenvalue weighted by Gasteiger charge is -2.19. The summed E-state index contributed by atoms with van der Waals surface area (Å²) in [6.07, 6.45) is 8.53. The van der Waals surface area contributed by atoms with Gasteiger partial charge in [0.15, 0.2) is 0 Å². The van der Waals surface area contributed by atoms with Gasteiger partial charge in [0, 0.05) is 0 Å². The van der Waals surface area contributed by atoms with Crippen LogP contribution in [0.15, 0.2) is 18.3 Å². The minimum atomic E-state index is 0.155. The van der Waals surface area contributed by atoms with Crippen molar-refractivity contribution in [2.24, 2.45) is 5.41 Å². The summed E-state index contributed by atoms with van der Waals surface area (Å²) in [6.45, 7) is 19.5. The van der Waals surface area contributed by atoms with Gasteiger partial charge in [0.25, 0.3) is 0 Å². The Balaban J connectivity index is 2.72. The second kappa shape index (κ2) is 9.20. The summed E-state index contributed by atoms with van der Waals surface area (Å²) in [5.74, 6) is 0.684. The van der Waals surface area contributed by atoms with Crippen molar-refractivity contribution in [2.45, 2.75) is 79.9 Å². The lowest BCUT2D eigenvalue weighted by Crippen LogP contribution is -2.07. The number of allylic oxidation sites excluding steroid dienone is 2. The molecule has 0 N–H and O–H groups in total. The van der Waals surface area contributed by atoms with Gasteiger partial charge in [0.2, 0.25) is 0 Å². The quantitative estimate of drug-likeness (QED) is 0.519. The first-order valence-corrected chi connectivity index (χ1v) is 9.19. The zero-order chi connectivity index (χ0) is 18.3. The van der Waals surface area contributed by atoms with Gasteiger partial charge in [-0.3, -0.25) is 4.98 Å². The van der Waals surface area contributed by atoms with Gasteiger partial charge in [-0.2, -0.15) is 0 Å². The number of aromatic nitrogens is 2. The number of nitrogens with zero attached hydrogens (tertiary/aromatic N) is 2. The van der Waals surface area contributed by atoms with Gasteiger partial charge in [0.1, 0.15) is 7.28 Å². The predicted octanol–water partition coefficient (Wildman–Crippen LogP) is 6.37. The number of aryl methyl sites for hydroxylation is 1. The lowest BCUT2D eigenvalue weighted by molar-refractivity contribution is 0.507. The van der Waals surface area contributed by atoms with Crippen molar-refractivity contribution in [1.82, 2.24) is 9.97 Å². The molecule has 0 saturated carbocycles. The molecule has 2 nitrogen and oxygen atoms in total. The maximum Gasteiger partial charge on any atom is 0.112 e. The van der Waals surface area contributed by atoms with E-state index in [-0.39, 0.29) is 5.41 Å². The average molecular weight is 325 g/mol. The Kier molecular flexibility index (Phi) is 7.92. The zero-order valence-electron chi connectivity index (χ0n) is 16.7. The van der Waals surface area contributed by atoms with Gasteiger partial charge >= 0.3 is 0 Å². The van der Waals surface area contributed by atoms with Crippen LogP contribution in [0.25, 0.3) is 11.6 Å². The smallest absolute Gasteiger partial charge is 0.112 e. The molecule has 1 radical (unpaired) electrons. The summed E-state index contributed by atoms with van der Waals surface area (Å²) in [7, 11) is 2.38. The highest BCUT2D eigenvalue weighted by atomic mass is 14.8. The largest absolute Gasteiger partial charge is 0.253 e. The van der Waals surface area contributed by atoms with Gasteiger partial charge in [-0.1, -0.05) is 65.3 Å². The molecule has 1 unspecified atom stereocenters. The van der Waals surface area contributed by atoms with Crippen LogP contribution in [0.2, 0.25) is 12.1 Å². The normalized spacial score (nSPS) is 13.7. The summed E-state index contributed by atoms with van der Waals surface area (Å²) < 4.78 is 0. The Morgan fingerprint density at radius 1 is 1.38 bits per heavy atom. The zero-order valence-corrected chi connectivity index (χ0v) is 16.7. The van der Waals surface area contributed by atoms with Crippen LogP contribution in [0.3, 0.4) is 0 Å². The SMILES string of the molecule is C=C(CCCC(C)[B]CC)c1cnc(/C=C(\C)C(C)(C)C)c(C)n1. The van der Waals surface area contributed by atoms with E-state index in [9.17, 15) is 0 Å². The molecule has 24 heavy (non-hydrogen) atoms. The molecule has 0 aliphatic heterocycles. The summed E-state index contributed by atoms with van der Waals surface area (Å²) >= 11 is 0. The minimum absolute atomic E-state index is 0.155. The third-order valence-electron chi connectivity index (χ3n) is 4.66. The topological polar surface area (TPSA) is 25.8 Å². The van der Waals surface area contributed by atoms with Crippen LogP contribution in [-0.2, 0) is 0 Å². The second-order valence-electron chi connectivity index (χ2n) is 7.92. The summed E-state index contributed by atoms with van der Waals surface area (Å²) in [4.78, 5) is 9.35. The van der Waals surface area contributed by atoms with Crippen LogP contribution >= 0.6 is 0 Å². The average Bonchev–Trinajstić information content (AvgIpc) is 2.48. The van der Waals surface area contributed by atoms with Crippen molar-refractivity contribution in [1.29, 1.82) is 0 Å². The molecule has 0 bridgehead atoms. The van der Waals surface area contributed by atoms with E-state index in [0.717, 1.165) is 41.8 Å². The number of hydrogen-bond acceptors (Lipinski definition) is 2. The van der Waals surface area contributed by atoms with E-state index in [4.69, 9.17) is 4.98 Å². The van der Waals surface area contributed by atoms with E-state index in [2.05, 4.69) is 66.5 Å². The Bertz CT molecular complexity index is 582. The fourth-order valence-electron chi connectivity index (χ4n) is 2.51. The molecule has 0 spiro atoms. The van der Waals surface area contributed by atoms with Gasteiger partial charge in [-0.15, -0.1) is 0 Å². The second-order valence-corrected chi connectivity index (χ2v) is 7.92. The molecule has 1 aromatic rings. The van der Waals surface area contributed by atoms with Crippen LogP contribution < -0.4 is 0 Å². The molecule has 131 valence electrons. The van der Waals surface area contributed by atoms with E-state index in [0.29, 0.717) is 5.82 Å². The minimum Gasteiger partial charge on any atom is -0.253 e. The first-order valence-electron chi connectivity index (χ1n) is 9.19. The molecule has 0 fully saturated rings. The van der Waals surface area contributed by atoms with Crippen LogP contribution in [0.5, 0.6) is 0 Å². The predicted molar refractivity (Wildman–Crippen MR) is 108 cm³/mol. The van der Waals surface area contributed by atoms with E-state index >= 15 is 0 Å². The van der Waals surface area contributed by atoms with Crippen molar-refractivity contribution >= 4 is 18.9 Å². The molecule has 1 atom stereocenters. The maximum absolute atomic E-state index is 4.73. The fourth-order valence-corrected chi connectivity index (χ4v) is 2.51. The Labute approximate surface area is 150 Å². The first-order chi connectivity index (χ1) is 11.1. The summed E-state index contributed by atoms with van der Waals surface area (Å²) in [5.41, 5.74) is 5.44. The molecule has 1 rings (SSSR count). The first kappa shape index (κ1) is 20.7. The number of rotatable bonds is 8.